The molecule has 1 aliphatic heterocycles. The van der Waals surface area contributed by atoms with Gasteiger partial charge >= 0.3 is 0 Å². The second-order valence-electron chi connectivity index (χ2n) is 5.94. The number of amides is 1. The Morgan fingerprint density at radius 3 is 2.54 bits per heavy atom. The summed E-state index contributed by atoms with van der Waals surface area (Å²) in [4.78, 5) is 22.7. The molecule has 2 aromatic carbocycles. The van der Waals surface area contributed by atoms with Gasteiger partial charge in [0.15, 0.2) is 12.3 Å². The molecule has 2 aromatic rings. The first-order valence-corrected chi connectivity index (χ1v) is 7.92. The fourth-order valence-electron chi connectivity index (χ4n) is 2.78. The van der Waals surface area contributed by atoms with E-state index in [1.807, 2.05) is 6.07 Å². The number of benzene rings is 2. The second-order valence-corrected chi connectivity index (χ2v) is 5.94. The Hall–Kier alpha value is -3.26. The first kappa shape index (κ1) is 17.6. The lowest BCUT2D eigenvalue weighted by atomic mass is 9.98. The summed E-state index contributed by atoms with van der Waals surface area (Å²) in [6.07, 6.45) is 0.209. The van der Waals surface area contributed by atoms with Crippen LogP contribution in [0.4, 0.5) is 5.69 Å². The number of nitro groups is 1. The number of non-ortho nitro benzene ring substituents is 1. The van der Waals surface area contributed by atoms with E-state index in [-0.39, 0.29) is 18.7 Å². The molecule has 0 saturated heterocycles. The van der Waals surface area contributed by atoms with Crippen LogP contribution in [-0.2, 0) is 10.5 Å². The number of hydrogen-bond acceptors (Lipinski definition) is 6. The molecular weight excluding hydrogens is 338 g/mol. The number of hydrazone groups is 1. The highest BCUT2D eigenvalue weighted by Gasteiger charge is 2.44. The molecule has 0 spiro atoms. The van der Waals surface area contributed by atoms with Gasteiger partial charge in [-0.25, -0.2) is 0 Å². The average Bonchev–Trinajstić information content (AvgIpc) is 2.96. The van der Waals surface area contributed by atoms with Crippen LogP contribution in [0, 0.1) is 10.1 Å². The number of nitrogens with zero attached hydrogens (tertiary/aromatic N) is 3. The highest BCUT2D eigenvalue weighted by atomic mass is 16.6. The van der Waals surface area contributed by atoms with Gasteiger partial charge < -0.3 is 9.84 Å². The van der Waals surface area contributed by atoms with Crippen LogP contribution in [0.3, 0.4) is 0 Å². The number of hydrogen-bond donors (Lipinski definition) is 1. The molecule has 0 saturated carbocycles. The van der Waals surface area contributed by atoms with E-state index in [1.165, 1.54) is 24.3 Å². The van der Waals surface area contributed by atoms with Crippen LogP contribution in [-0.4, -0.2) is 33.3 Å². The zero-order valence-electron chi connectivity index (χ0n) is 14.0. The van der Waals surface area contributed by atoms with Gasteiger partial charge in [-0.15, -0.1) is 0 Å². The van der Waals surface area contributed by atoms with Crippen molar-refractivity contribution in [3.05, 3.63) is 70.3 Å². The molecule has 1 aliphatic rings. The van der Waals surface area contributed by atoms with Crippen LogP contribution in [0.25, 0.3) is 0 Å². The third-order valence-electron chi connectivity index (χ3n) is 4.01. The fourth-order valence-corrected chi connectivity index (χ4v) is 2.78. The van der Waals surface area contributed by atoms with Gasteiger partial charge in [-0.05, 0) is 19.1 Å². The zero-order valence-corrected chi connectivity index (χ0v) is 14.0. The molecule has 8 nitrogen and oxygen atoms in total. The summed E-state index contributed by atoms with van der Waals surface area (Å²) in [5.74, 6) is -0.210. The van der Waals surface area contributed by atoms with Gasteiger partial charge in [-0.2, -0.15) is 10.1 Å². The minimum Gasteiger partial charge on any atom is -0.484 e. The Morgan fingerprint density at radius 2 is 1.92 bits per heavy atom. The molecule has 1 amide bonds. The molecule has 0 aliphatic carbocycles. The predicted molar refractivity (Wildman–Crippen MR) is 93.5 cm³/mol. The number of carbonyl (C=O) groups is 1. The third-order valence-corrected chi connectivity index (χ3v) is 4.01. The molecule has 134 valence electrons. The van der Waals surface area contributed by atoms with Crippen molar-refractivity contribution in [2.24, 2.45) is 5.10 Å². The molecule has 0 fully saturated rings. The molecule has 8 heteroatoms. The van der Waals surface area contributed by atoms with Gasteiger partial charge in [0.2, 0.25) is 0 Å². The molecular formula is C18H17N3O5. The number of carbonyl (C=O) groups excluding carboxylic acids is 1. The van der Waals surface area contributed by atoms with Crippen molar-refractivity contribution in [2.45, 2.75) is 19.1 Å². The van der Waals surface area contributed by atoms with Crippen LogP contribution in [0.5, 0.6) is 5.75 Å². The smallest absolute Gasteiger partial charge is 0.283 e. The highest BCUT2D eigenvalue weighted by Crippen LogP contribution is 2.35. The molecule has 26 heavy (non-hydrogen) atoms. The van der Waals surface area contributed by atoms with E-state index in [0.29, 0.717) is 17.0 Å². The van der Waals surface area contributed by atoms with Gasteiger partial charge in [0, 0.05) is 29.8 Å². The van der Waals surface area contributed by atoms with E-state index in [4.69, 9.17) is 4.74 Å². The first-order valence-electron chi connectivity index (χ1n) is 7.92. The van der Waals surface area contributed by atoms with Crippen LogP contribution in [0.1, 0.15) is 18.9 Å². The monoisotopic (exact) mass is 355 g/mol. The largest absolute Gasteiger partial charge is 0.484 e. The summed E-state index contributed by atoms with van der Waals surface area (Å²) >= 11 is 0. The van der Waals surface area contributed by atoms with Crippen molar-refractivity contribution in [3.8, 4) is 5.75 Å². The van der Waals surface area contributed by atoms with Crippen LogP contribution in [0.15, 0.2) is 59.7 Å². The molecule has 3 rings (SSSR count). The van der Waals surface area contributed by atoms with Gasteiger partial charge in [0.05, 0.1) is 4.92 Å². The molecule has 1 N–H and O–H groups in total. The zero-order chi connectivity index (χ0) is 18.7. The standard InChI is InChI=1S/C18H17N3O5/c1-13-11-18(23,14-5-3-2-4-6-14)20(19-13)17(22)12-26-16-9-7-15(8-10-16)21(24)25/h2-10,23H,11-12H2,1H3/t18-/m0/s1. The Kier molecular flexibility index (Phi) is 4.68. The van der Waals surface area contributed by atoms with E-state index >= 15 is 0 Å². The van der Waals surface area contributed by atoms with Crippen LogP contribution >= 0.6 is 0 Å². The Morgan fingerprint density at radius 1 is 1.27 bits per heavy atom. The van der Waals surface area contributed by atoms with Crippen molar-refractivity contribution < 1.29 is 19.6 Å². The van der Waals surface area contributed by atoms with E-state index in [1.54, 1.807) is 31.2 Å². The normalized spacial score (nSPS) is 19.2. The van der Waals surface area contributed by atoms with Crippen molar-refractivity contribution >= 4 is 17.3 Å². The van der Waals surface area contributed by atoms with E-state index in [0.717, 1.165) is 5.01 Å². The summed E-state index contributed by atoms with van der Waals surface area (Å²) in [6, 6.07) is 14.2. The number of ether oxygens (including phenoxy) is 1. The van der Waals surface area contributed by atoms with Crippen molar-refractivity contribution in [1.29, 1.82) is 0 Å². The Bertz CT molecular complexity index is 851. The fraction of sp³-hybridized carbons (Fsp3) is 0.222. The van der Waals surface area contributed by atoms with E-state index in [2.05, 4.69) is 5.10 Å². The molecule has 0 aromatic heterocycles. The van der Waals surface area contributed by atoms with Crippen LogP contribution < -0.4 is 4.74 Å². The van der Waals surface area contributed by atoms with Crippen LogP contribution in [0.2, 0.25) is 0 Å². The van der Waals surface area contributed by atoms with Gasteiger partial charge in [-0.3, -0.25) is 14.9 Å². The average molecular weight is 355 g/mol. The van der Waals surface area contributed by atoms with Crippen molar-refractivity contribution in [1.82, 2.24) is 5.01 Å². The lowest BCUT2D eigenvalue weighted by Gasteiger charge is -2.31. The molecule has 0 radical (unpaired) electrons. The Balaban J connectivity index is 1.72. The maximum absolute atomic E-state index is 12.6. The molecule has 0 unspecified atom stereocenters. The number of nitro benzene ring substituents is 1. The maximum Gasteiger partial charge on any atom is 0.283 e. The topological polar surface area (TPSA) is 105 Å². The summed E-state index contributed by atoms with van der Waals surface area (Å²) in [7, 11) is 0. The minimum absolute atomic E-state index is 0.0677. The van der Waals surface area contributed by atoms with Gasteiger partial charge in [0.1, 0.15) is 5.75 Å². The number of rotatable bonds is 5. The van der Waals surface area contributed by atoms with Gasteiger partial charge in [-0.1, -0.05) is 30.3 Å². The lowest BCUT2D eigenvalue weighted by molar-refractivity contribution is -0.384. The maximum atomic E-state index is 12.6. The molecule has 1 atom stereocenters. The number of aliphatic hydroxyl groups is 1. The SMILES string of the molecule is CC1=NN(C(=O)COc2ccc([N+](=O)[O-])cc2)[C@@](O)(c2ccccc2)C1. The van der Waals surface area contributed by atoms with Crippen molar-refractivity contribution in [2.75, 3.05) is 6.61 Å². The highest BCUT2D eigenvalue weighted by molar-refractivity contribution is 5.89. The lowest BCUT2D eigenvalue weighted by Crippen LogP contribution is -2.45. The summed E-state index contributed by atoms with van der Waals surface area (Å²) < 4.78 is 5.39. The third kappa shape index (κ3) is 3.40. The second kappa shape index (κ2) is 6.93. The minimum atomic E-state index is -1.55. The summed E-state index contributed by atoms with van der Waals surface area (Å²) in [6.45, 7) is 1.38. The Labute approximate surface area is 149 Å². The molecule has 0 bridgehead atoms. The predicted octanol–water partition coefficient (Wildman–Crippen LogP) is 2.43. The summed E-state index contributed by atoms with van der Waals surface area (Å²) in [5, 5.41) is 26.8. The van der Waals surface area contributed by atoms with Gasteiger partial charge in [0.25, 0.3) is 11.6 Å². The first-order chi connectivity index (χ1) is 12.4. The van der Waals surface area contributed by atoms with E-state index in [9.17, 15) is 20.0 Å². The van der Waals surface area contributed by atoms with Crippen molar-refractivity contribution in [3.63, 3.8) is 0 Å². The summed E-state index contributed by atoms with van der Waals surface area (Å²) in [5.41, 5.74) is -0.437. The van der Waals surface area contributed by atoms with E-state index < -0.39 is 16.6 Å². The molecule has 1 heterocycles. The quantitative estimate of drug-likeness (QED) is 0.655.